The maximum atomic E-state index is 12.5. The molecular formula is C18H18ClN3O3. The average molecular weight is 360 g/mol. The average Bonchev–Trinajstić information content (AvgIpc) is 3.11. The molecule has 1 fully saturated rings. The minimum absolute atomic E-state index is 0.0501. The van der Waals surface area contributed by atoms with Crippen LogP contribution >= 0.6 is 11.6 Å². The summed E-state index contributed by atoms with van der Waals surface area (Å²) in [5, 5.41) is 3.47. The number of anilines is 1. The van der Waals surface area contributed by atoms with Crippen LogP contribution in [-0.4, -0.2) is 25.0 Å². The van der Waals surface area contributed by atoms with Crippen LogP contribution in [0.15, 0.2) is 48.5 Å². The van der Waals surface area contributed by atoms with Crippen molar-refractivity contribution < 1.29 is 14.3 Å². The van der Waals surface area contributed by atoms with Gasteiger partial charge in [-0.3, -0.25) is 4.79 Å². The first-order chi connectivity index (χ1) is 12.1. The zero-order chi connectivity index (χ0) is 17.8. The van der Waals surface area contributed by atoms with Crippen LogP contribution in [-0.2, 0) is 9.53 Å². The molecule has 3 N–H and O–H groups in total. The van der Waals surface area contributed by atoms with Gasteiger partial charge in [0.15, 0.2) is 0 Å². The smallest absolute Gasteiger partial charge is 0.337 e. The van der Waals surface area contributed by atoms with E-state index in [2.05, 4.69) is 20.9 Å². The monoisotopic (exact) mass is 359 g/mol. The van der Waals surface area contributed by atoms with Gasteiger partial charge in [0.25, 0.3) is 0 Å². The first-order valence-corrected chi connectivity index (χ1v) is 8.21. The van der Waals surface area contributed by atoms with Crippen LogP contribution in [0.3, 0.4) is 0 Å². The molecule has 2 aromatic carbocycles. The molecule has 3 rings (SSSR count). The highest BCUT2D eigenvalue weighted by Crippen LogP contribution is 2.28. The van der Waals surface area contributed by atoms with E-state index in [0.29, 0.717) is 22.7 Å². The van der Waals surface area contributed by atoms with Crippen molar-refractivity contribution in [2.45, 2.75) is 18.5 Å². The van der Waals surface area contributed by atoms with Gasteiger partial charge in [-0.1, -0.05) is 35.9 Å². The van der Waals surface area contributed by atoms with Crippen LogP contribution in [0.5, 0.6) is 0 Å². The molecule has 1 aliphatic rings. The molecule has 1 saturated heterocycles. The minimum atomic E-state index is -0.449. The third kappa shape index (κ3) is 3.99. The van der Waals surface area contributed by atoms with E-state index in [9.17, 15) is 9.59 Å². The molecule has 1 amide bonds. The first kappa shape index (κ1) is 17.4. The minimum Gasteiger partial charge on any atom is -0.465 e. The summed E-state index contributed by atoms with van der Waals surface area (Å²) in [4.78, 5) is 24.0. The highest BCUT2D eigenvalue weighted by atomic mass is 35.5. The number of nitrogens with one attached hydrogen (secondary N) is 3. The fraction of sp³-hybridized carbons (Fsp3) is 0.222. The summed E-state index contributed by atoms with van der Waals surface area (Å²) < 4.78 is 4.68. The number of hydrogen-bond acceptors (Lipinski definition) is 5. The highest BCUT2D eigenvalue weighted by Gasteiger charge is 2.31. The van der Waals surface area contributed by atoms with E-state index in [4.69, 9.17) is 11.6 Å². The van der Waals surface area contributed by atoms with E-state index < -0.39 is 12.0 Å². The molecular weight excluding hydrogens is 342 g/mol. The van der Waals surface area contributed by atoms with Crippen molar-refractivity contribution in [3.8, 4) is 0 Å². The maximum absolute atomic E-state index is 12.5. The van der Waals surface area contributed by atoms with Crippen molar-refractivity contribution in [1.29, 1.82) is 0 Å². The molecule has 0 saturated carbocycles. The van der Waals surface area contributed by atoms with Gasteiger partial charge in [0.1, 0.15) is 6.04 Å². The van der Waals surface area contributed by atoms with Gasteiger partial charge < -0.3 is 10.1 Å². The molecule has 0 spiro atoms. The molecule has 0 aliphatic carbocycles. The molecule has 2 atom stereocenters. The summed E-state index contributed by atoms with van der Waals surface area (Å²) in [6.45, 7) is 0. The Kier molecular flexibility index (Phi) is 5.33. The number of rotatable bonds is 4. The molecule has 1 aliphatic heterocycles. The van der Waals surface area contributed by atoms with Gasteiger partial charge in [0, 0.05) is 16.8 Å². The van der Waals surface area contributed by atoms with E-state index in [1.807, 2.05) is 24.3 Å². The van der Waals surface area contributed by atoms with Crippen LogP contribution in [0, 0.1) is 0 Å². The van der Waals surface area contributed by atoms with Crippen LogP contribution in [0.4, 0.5) is 5.69 Å². The number of benzene rings is 2. The maximum Gasteiger partial charge on any atom is 0.337 e. The molecule has 130 valence electrons. The predicted molar refractivity (Wildman–Crippen MR) is 95.3 cm³/mol. The molecule has 7 heteroatoms. The Bertz CT molecular complexity index is 797. The molecule has 2 aromatic rings. The summed E-state index contributed by atoms with van der Waals surface area (Å²) in [5.74, 6) is -0.639. The lowest BCUT2D eigenvalue weighted by Gasteiger charge is -2.12. The predicted octanol–water partition coefficient (Wildman–Crippen LogP) is 2.67. The molecule has 0 radical (unpaired) electrons. The summed E-state index contributed by atoms with van der Waals surface area (Å²) in [5.41, 5.74) is 7.95. The Morgan fingerprint density at radius 1 is 1.16 bits per heavy atom. The van der Waals surface area contributed by atoms with Crippen LogP contribution in [0.25, 0.3) is 0 Å². The third-order valence-corrected chi connectivity index (χ3v) is 4.40. The zero-order valence-electron chi connectivity index (χ0n) is 13.6. The van der Waals surface area contributed by atoms with Gasteiger partial charge in [-0.2, -0.15) is 0 Å². The van der Waals surface area contributed by atoms with E-state index in [0.717, 1.165) is 5.56 Å². The van der Waals surface area contributed by atoms with Gasteiger partial charge in [-0.15, -0.1) is 0 Å². The summed E-state index contributed by atoms with van der Waals surface area (Å²) in [6, 6.07) is 13.7. The van der Waals surface area contributed by atoms with Crippen LogP contribution in [0.2, 0.25) is 5.02 Å². The first-order valence-electron chi connectivity index (χ1n) is 7.83. The van der Waals surface area contributed by atoms with Gasteiger partial charge in [-0.25, -0.2) is 15.6 Å². The SMILES string of the molecule is COC(=O)c1cccc(NC(=O)C2CC(c3ccccc3Cl)NN2)c1. The second kappa shape index (κ2) is 7.65. The Morgan fingerprint density at radius 2 is 1.96 bits per heavy atom. The van der Waals surface area contributed by atoms with Crippen molar-refractivity contribution in [3.63, 3.8) is 0 Å². The number of ether oxygens (including phenoxy) is 1. The topological polar surface area (TPSA) is 79.5 Å². The molecule has 2 unspecified atom stereocenters. The third-order valence-electron chi connectivity index (χ3n) is 4.05. The largest absolute Gasteiger partial charge is 0.465 e. The summed E-state index contributed by atoms with van der Waals surface area (Å²) >= 11 is 6.21. The van der Waals surface area contributed by atoms with Crippen LogP contribution < -0.4 is 16.2 Å². The number of hydrazine groups is 1. The van der Waals surface area contributed by atoms with Crippen molar-refractivity contribution in [2.24, 2.45) is 0 Å². The Morgan fingerprint density at radius 3 is 2.72 bits per heavy atom. The molecule has 1 heterocycles. The number of carbonyl (C=O) groups excluding carboxylic acids is 2. The normalized spacial score (nSPS) is 19.4. The van der Waals surface area contributed by atoms with E-state index >= 15 is 0 Å². The molecule has 25 heavy (non-hydrogen) atoms. The van der Waals surface area contributed by atoms with Gasteiger partial charge in [0.2, 0.25) is 5.91 Å². The van der Waals surface area contributed by atoms with Gasteiger partial charge in [-0.05, 0) is 36.2 Å². The fourth-order valence-corrected chi connectivity index (χ4v) is 3.03. The lowest BCUT2D eigenvalue weighted by atomic mass is 10.0. The number of carbonyl (C=O) groups is 2. The van der Waals surface area contributed by atoms with Crippen molar-refractivity contribution >= 4 is 29.2 Å². The Hall–Kier alpha value is -2.41. The quantitative estimate of drug-likeness (QED) is 0.731. The van der Waals surface area contributed by atoms with E-state index in [1.54, 1.807) is 24.3 Å². The van der Waals surface area contributed by atoms with Crippen molar-refractivity contribution in [3.05, 3.63) is 64.7 Å². The van der Waals surface area contributed by atoms with Crippen LogP contribution in [0.1, 0.15) is 28.4 Å². The highest BCUT2D eigenvalue weighted by molar-refractivity contribution is 6.31. The van der Waals surface area contributed by atoms with Crippen molar-refractivity contribution in [2.75, 3.05) is 12.4 Å². The molecule has 0 bridgehead atoms. The summed E-state index contributed by atoms with van der Waals surface area (Å²) in [7, 11) is 1.32. The summed E-state index contributed by atoms with van der Waals surface area (Å²) in [6.07, 6.45) is 0.562. The molecule has 6 nitrogen and oxygen atoms in total. The second-order valence-electron chi connectivity index (χ2n) is 5.71. The lowest BCUT2D eigenvalue weighted by molar-refractivity contribution is -0.117. The Balaban J connectivity index is 1.65. The number of esters is 1. The standard InChI is InChI=1S/C18H18ClN3O3/c1-25-18(24)11-5-4-6-12(9-11)20-17(23)16-10-15(21-22-16)13-7-2-3-8-14(13)19/h2-9,15-16,21-22H,10H2,1H3,(H,20,23). The zero-order valence-corrected chi connectivity index (χ0v) is 14.3. The number of halogens is 1. The van der Waals surface area contributed by atoms with Gasteiger partial charge >= 0.3 is 5.97 Å². The number of methoxy groups -OCH3 is 1. The number of amides is 1. The molecule has 0 aromatic heterocycles. The number of hydrogen-bond donors (Lipinski definition) is 3. The van der Waals surface area contributed by atoms with E-state index in [-0.39, 0.29) is 11.9 Å². The fourth-order valence-electron chi connectivity index (χ4n) is 2.76. The lowest BCUT2D eigenvalue weighted by Crippen LogP contribution is -2.39. The van der Waals surface area contributed by atoms with E-state index in [1.165, 1.54) is 7.11 Å². The second-order valence-corrected chi connectivity index (χ2v) is 6.12. The Labute approximate surface area is 150 Å². The van der Waals surface area contributed by atoms with Crippen molar-refractivity contribution in [1.82, 2.24) is 10.9 Å². The van der Waals surface area contributed by atoms with Gasteiger partial charge in [0.05, 0.1) is 12.7 Å².